The summed E-state index contributed by atoms with van der Waals surface area (Å²) in [6.07, 6.45) is 0. The predicted molar refractivity (Wildman–Crippen MR) is 75.9 cm³/mol. The molecule has 0 unspecified atom stereocenters. The lowest BCUT2D eigenvalue weighted by Gasteiger charge is -2.20. The maximum Gasteiger partial charge on any atom is 0.255 e. The van der Waals surface area contributed by atoms with Gasteiger partial charge in [0.2, 0.25) is 0 Å². The SMILES string of the molecule is CC(C)N(C)CCNC(=O)c1ccc(Br)cc1O. The number of halogens is 1. The van der Waals surface area contributed by atoms with Crippen molar-refractivity contribution in [2.75, 3.05) is 20.1 Å². The fraction of sp³-hybridized carbons (Fsp3) is 0.462. The van der Waals surface area contributed by atoms with Gasteiger partial charge < -0.3 is 15.3 Å². The molecule has 0 aliphatic heterocycles. The van der Waals surface area contributed by atoms with Crippen molar-refractivity contribution in [2.24, 2.45) is 0 Å². The summed E-state index contributed by atoms with van der Waals surface area (Å²) in [5, 5.41) is 12.4. The van der Waals surface area contributed by atoms with Gasteiger partial charge in [-0.1, -0.05) is 15.9 Å². The number of aromatic hydroxyl groups is 1. The summed E-state index contributed by atoms with van der Waals surface area (Å²) < 4.78 is 0.746. The van der Waals surface area contributed by atoms with Crippen molar-refractivity contribution < 1.29 is 9.90 Å². The number of likely N-dealkylation sites (N-methyl/N-ethyl adjacent to an activating group) is 1. The van der Waals surface area contributed by atoms with Crippen molar-refractivity contribution in [3.05, 3.63) is 28.2 Å². The Morgan fingerprint density at radius 1 is 1.50 bits per heavy atom. The standard InChI is InChI=1S/C13H19BrN2O2/c1-9(2)16(3)7-6-15-13(18)11-5-4-10(14)8-12(11)17/h4-5,8-9,17H,6-7H2,1-3H3,(H,15,18). The summed E-state index contributed by atoms with van der Waals surface area (Å²) in [5.41, 5.74) is 0.297. The summed E-state index contributed by atoms with van der Waals surface area (Å²) >= 11 is 3.23. The van der Waals surface area contributed by atoms with Gasteiger partial charge in [-0.15, -0.1) is 0 Å². The van der Waals surface area contributed by atoms with Gasteiger partial charge in [-0.05, 0) is 39.1 Å². The number of hydrogen-bond donors (Lipinski definition) is 2. The average Bonchev–Trinajstić information content (AvgIpc) is 2.28. The van der Waals surface area contributed by atoms with Gasteiger partial charge in [-0.2, -0.15) is 0 Å². The van der Waals surface area contributed by atoms with Crippen LogP contribution in [0, 0.1) is 0 Å². The van der Waals surface area contributed by atoms with E-state index < -0.39 is 0 Å². The Hall–Kier alpha value is -1.07. The minimum atomic E-state index is -0.253. The van der Waals surface area contributed by atoms with Crippen LogP contribution in [0.25, 0.3) is 0 Å². The first-order valence-electron chi connectivity index (χ1n) is 5.88. The number of carbonyl (C=O) groups excluding carboxylic acids is 1. The molecule has 0 spiro atoms. The molecule has 1 amide bonds. The number of phenolic OH excluding ortho intramolecular Hbond substituents is 1. The van der Waals surface area contributed by atoms with Crippen molar-refractivity contribution in [1.82, 2.24) is 10.2 Å². The van der Waals surface area contributed by atoms with E-state index in [0.717, 1.165) is 11.0 Å². The highest BCUT2D eigenvalue weighted by Crippen LogP contribution is 2.21. The highest BCUT2D eigenvalue weighted by molar-refractivity contribution is 9.10. The van der Waals surface area contributed by atoms with E-state index in [1.165, 1.54) is 6.07 Å². The number of rotatable bonds is 5. The maximum atomic E-state index is 11.8. The lowest BCUT2D eigenvalue weighted by atomic mass is 10.2. The first-order chi connectivity index (χ1) is 8.41. The van der Waals surface area contributed by atoms with Crippen LogP contribution in [0.2, 0.25) is 0 Å². The van der Waals surface area contributed by atoms with E-state index in [-0.39, 0.29) is 11.7 Å². The number of amides is 1. The fourth-order valence-electron chi connectivity index (χ4n) is 1.40. The zero-order chi connectivity index (χ0) is 13.7. The molecule has 0 atom stereocenters. The van der Waals surface area contributed by atoms with Gasteiger partial charge in [0.15, 0.2) is 0 Å². The van der Waals surface area contributed by atoms with Gasteiger partial charge in [0.25, 0.3) is 5.91 Å². The third-order valence-corrected chi connectivity index (χ3v) is 3.33. The molecule has 100 valence electrons. The summed E-state index contributed by atoms with van der Waals surface area (Å²) in [5.74, 6) is -0.267. The number of benzene rings is 1. The Morgan fingerprint density at radius 3 is 2.72 bits per heavy atom. The Labute approximate surface area is 116 Å². The van der Waals surface area contributed by atoms with Gasteiger partial charge in [0.05, 0.1) is 5.56 Å². The molecule has 4 nitrogen and oxygen atoms in total. The van der Waals surface area contributed by atoms with Crippen LogP contribution in [-0.2, 0) is 0 Å². The first kappa shape index (κ1) is 15.0. The molecule has 0 aliphatic rings. The average molecular weight is 315 g/mol. The predicted octanol–water partition coefficient (Wildman–Crippen LogP) is 2.22. The molecule has 0 bridgehead atoms. The lowest BCUT2D eigenvalue weighted by Crippen LogP contribution is -2.36. The number of nitrogens with zero attached hydrogens (tertiary/aromatic N) is 1. The molecule has 1 aromatic rings. The van der Waals surface area contributed by atoms with E-state index in [2.05, 4.69) is 40.0 Å². The monoisotopic (exact) mass is 314 g/mol. The summed E-state index contributed by atoms with van der Waals surface area (Å²) in [6, 6.07) is 5.29. The summed E-state index contributed by atoms with van der Waals surface area (Å²) in [6.45, 7) is 5.54. The maximum absolute atomic E-state index is 11.8. The van der Waals surface area contributed by atoms with Gasteiger partial charge in [0, 0.05) is 23.6 Å². The lowest BCUT2D eigenvalue weighted by molar-refractivity contribution is 0.0945. The third kappa shape index (κ3) is 4.31. The quantitative estimate of drug-likeness (QED) is 0.876. The highest BCUT2D eigenvalue weighted by atomic mass is 79.9. The zero-order valence-corrected chi connectivity index (χ0v) is 12.5. The smallest absolute Gasteiger partial charge is 0.255 e. The second kappa shape index (κ2) is 6.75. The van der Waals surface area contributed by atoms with Crippen LogP contribution in [-0.4, -0.2) is 42.1 Å². The normalized spacial score (nSPS) is 11.0. The van der Waals surface area contributed by atoms with Crippen LogP contribution in [0.15, 0.2) is 22.7 Å². The fourth-order valence-corrected chi connectivity index (χ4v) is 1.75. The minimum Gasteiger partial charge on any atom is -0.507 e. The summed E-state index contributed by atoms with van der Waals surface area (Å²) in [4.78, 5) is 14.0. The second-order valence-electron chi connectivity index (χ2n) is 4.49. The van der Waals surface area contributed by atoms with E-state index in [0.29, 0.717) is 18.2 Å². The van der Waals surface area contributed by atoms with Crippen LogP contribution in [0.4, 0.5) is 0 Å². The molecular weight excluding hydrogens is 296 g/mol. The van der Waals surface area contributed by atoms with Gasteiger partial charge in [-0.25, -0.2) is 0 Å². The molecule has 2 N–H and O–H groups in total. The molecule has 18 heavy (non-hydrogen) atoms. The Kier molecular flexibility index (Phi) is 5.62. The van der Waals surface area contributed by atoms with Crippen LogP contribution in [0.1, 0.15) is 24.2 Å². The molecule has 0 heterocycles. The van der Waals surface area contributed by atoms with Crippen LogP contribution in [0.3, 0.4) is 0 Å². The molecular formula is C13H19BrN2O2. The Balaban J connectivity index is 2.51. The molecule has 0 saturated carbocycles. The Bertz CT molecular complexity index is 421. The molecule has 5 heteroatoms. The van der Waals surface area contributed by atoms with Crippen LogP contribution >= 0.6 is 15.9 Å². The summed E-state index contributed by atoms with van der Waals surface area (Å²) in [7, 11) is 2.01. The third-order valence-electron chi connectivity index (χ3n) is 2.84. The molecule has 0 aliphatic carbocycles. The van der Waals surface area contributed by atoms with E-state index in [1.54, 1.807) is 12.1 Å². The van der Waals surface area contributed by atoms with Crippen molar-refractivity contribution in [1.29, 1.82) is 0 Å². The minimum absolute atomic E-state index is 0.0147. The van der Waals surface area contributed by atoms with Crippen molar-refractivity contribution >= 4 is 21.8 Å². The molecule has 0 radical (unpaired) electrons. The van der Waals surface area contributed by atoms with Gasteiger partial charge in [0.1, 0.15) is 5.75 Å². The highest BCUT2D eigenvalue weighted by Gasteiger charge is 2.11. The first-order valence-corrected chi connectivity index (χ1v) is 6.68. The second-order valence-corrected chi connectivity index (χ2v) is 5.41. The number of hydrogen-bond acceptors (Lipinski definition) is 3. The zero-order valence-electron chi connectivity index (χ0n) is 10.9. The molecule has 0 saturated heterocycles. The molecule has 1 aromatic carbocycles. The van der Waals surface area contributed by atoms with E-state index in [9.17, 15) is 9.90 Å². The molecule has 1 rings (SSSR count). The van der Waals surface area contributed by atoms with Gasteiger partial charge >= 0.3 is 0 Å². The molecule has 0 aromatic heterocycles. The number of carbonyl (C=O) groups is 1. The Morgan fingerprint density at radius 2 is 2.17 bits per heavy atom. The van der Waals surface area contributed by atoms with Gasteiger partial charge in [-0.3, -0.25) is 4.79 Å². The molecule has 0 fully saturated rings. The van der Waals surface area contributed by atoms with E-state index >= 15 is 0 Å². The topological polar surface area (TPSA) is 52.6 Å². The van der Waals surface area contributed by atoms with Crippen molar-refractivity contribution in [3.8, 4) is 5.75 Å². The van der Waals surface area contributed by atoms with Crippen LogP contribution in [0.5, 0.6) is 5.75 Å². The van der Waals surface area contributed by atoms with Crippen molar-refractivity contribution in [3.63, 3.8) is 0 Å². The number of phenols is 1. The van der Waals surface area contributed by atoms with E-state index in [4.69, 9.17) is 0 Å². The van der Waals surface area contributed by atoms with E-state index in [1.807, 2.05) is 7.05 Å². The van der Waals surface area contributed by atoms with Crippen molar-refractivity contribution in [2.45, 2.75) is 19.9 Å². The number of nitrogens with one attached hydrogen (secondary N) is 1. The van der Waals surface area contributed by atoms with Crippen LogP contribution < -0.4 is 5.32 Å². The largest absolute Gasteiger partial charge is 0.507 e.